The van der Waals surface area contributed by atoms with E-state index in [-0.39, 0.29) is 27.2 Å². The van der Waals surface area contributed by atoms with E-state index in [4.69, 9.17) is 13.7 Å². The lowest BCUT2D eigenvalue weighted by Gasteiger charge is -2.49. The summed E-state index contributed by atoms with van der Waals surface area (Å²) in [6.45, 7) is -3.24. The third-order valence-corrected chi connectivity index (χ3v) is 11.3. The first-order valence-electron chi connectivity index (χ1n) is 29.0. The Morgan fingerprint density at radius 3 is 1.56 bits per heavy atom. The Morgan fingerprint density at radius 1 is 0.463 bits per heavy atom. The lowest BCUT2D eigenvalue weighted by Crippen LogP contribution is -2.68. The topological polar surface area (TPSA) is 6.48 Å². The van der Waals surface area contributed by atoms with Gasteiger partial charge in [-0.3, -0.25) is 0 Å². The summed E-state index contributed by atoms with van der Waals surface area (Å²) in [6, 6.07) is -17.2. The molecule has 8 aromatic rings. The highest BCUT2D eigenvalue weighted by atomic mass is 32.2. The normalized spacial score (nSPS) is 20.3. The molecule has 0 atom stereocenters. The fourth-order valence-electron chi connectivity index (χ4n) is 8.13. The van der Waals surface area contributed by atoms with Crippen LogP contribution in [0.15, 0.2) is 185 Å². The number of rotatable bonds is 3. The van der Waals surface area contributed by atoms with Crippen molar-refractivity contribution in [3.05, 3.63) is 181 Å². The Balaban J connectivity index is 1.42. The summed E-state index contributed by atoms with van der Waals surface area (Å²) in [6.07, 6.45) is 0. The summed E-state index contributed by atoms with van der Waals surface area (Å²) in [4.78, 5) is 1.87. The van der Waals surface area contributed by atoms with Gasteiger partial charge in [0.05, 0.1) is 45.6 Å². The van der Waals surface area contributed by atoms with Gasteiger partial charge in [0.2, 0.25) is 6.71 Å². The summed E-state index contributed by atoms with van der Waals surface area (Å²) in [5.41, 5.74) is -8.62. The largest absolute Gasteiger partial charge is 0.312 e. The molecule has 2 nitrogen and oxygen atoms in total. The van der Waals surface area contributed by atoms with Crippen molar-refractivity contribution >= 4 is 92.1 Å². The fraction of sp³-hybridized carbons (Fsp3) is 0. The Morgan fingerprint density at radius 2 is 0.963 bits per heavy atom. The van der Waals surface area contributed by atoms with Gasteiger partial charge in [0.1, 0.15) is 0 Å². The van der Waals surface area contributed by atoms with Crippen LogP contribution in [0.4, 0.5) is 38.5 Å². The fourth-order valence-corrected chi connectivity index (χ4v) is 9.31. The van der Waals surface area contributed by atoms with Crippen molar-refractivity contribution in [1.82, 2.24) is 0 Å². The van der Waals surface area contributed by atoms with Gasteiger partial charge in [0.25, 0.3) is 6.71 Å². The Kier molecular flexibility index (Phi) is 3.14. The predicted octanol–water partition coefficient (Wildman–Crippen LogP) is 8.54. The van der Waals surface area contributed by atoms with Crippen LogP contribution < -0.4 is 42.6 Å². The third-order valence-electron chi connectivity index (χ3n) is 10.1. The molecule has 4 aliphatic heterocycles. The number of hydrogen-bond acceptors (Lipinski definition) is 3. The molecule has 0 radical (unpaired) electrons. The standard InChI is InChI=1S/C48H29B2FN2S/c51-44-47-42-46-43-48(44)54-41-29-14-10-25-37(41)50(43)35-23-8-12-27-39(35)52(46)38-26-11-7-22-34(38)49(42)36-24-9-13-28-40(36)53(47)45-32(30-16-3-1-4-17-30)20-15-21-33(45)31-18-5-2-6-19-31/h1-29H/i1D,2D,3D,4D,5D,6D,7D,8D,9D,11D,12D,13D,15D,16D,17D,18D,19D,20D,21D,22D,23D,24D,26D,27D,28D. The second kappa shape index (κ2) is 11.4. The molecule has 4 aliphatic rings. The summed E-state index contributed by atoms with van der Waals surface area (Å²) < 4.78 is 251. The van der Waals surface area contributed by atoms with Crippen molar-refractivity contribution in [3.63, 3.8) is 0 Å². The second-order valence-corrected chi connectivity index (χ2v) is 13.7. The second-order valence-electron chi connectivity index (χ2n) is 12.6. The molecular weight excluding hydrogens is 677 g/mol. The van der Waals surface area contributed by atoms with Crippen LogP contribution in [0.5, 0.6) is 0 Å². The van der Waals surface area contributed by atoms with E-state index >= 15 is 4.39 Å². The number of halogens is 1. The van der Waals surface area contributed by atoms with Crippen LogP contribution >= 0.6 is 11.8 Å². The molecule has 0 saturated carbocycles. The molecule has 0 aliphatic carbocycles. The molecule has 0 N–H and O–H groups in total. The summed E-state index contributed by atoms with van der Waals surface area (Å²) in [7, 11) is 0. The van der Waals surface area contributed by atoms with Crippen molar-refractivity contribution in [2.24, 2.45) is 0 Å². The van der Waals surface area contributed by atoms with Crippen LogP contribution in [0.1, 0.15) is 34.3 Å². The van der Waals surface area contributed by atoms with Gasteiger partial charge in [-0.2, -0.15) is 0 Å². The molecule has 8 aromatic carbocycles. The van der Waals surface area contributed by atoms with E-state index in [1.807, 2.05) is 0 Å². The van der Waals surface area contributed by atoms with Crippen LogP contribution in [0.25, 0.3) is 22.3 Å². The zero-order valence-corrected chi connectivity index (χ0v) is 28.0. The molecule has 0 amide bonds. The smallest absolute Gasteiger partial charge is 0.252 e. The average molecular weight is 732 g/mol. The molecule has 250 valence electrons. The number of hydrogen-bond donors (Lipinski definition) is 0. The quantitative estimate of drug-likeness (QED) is 0.168. The van der Waals surface area contributed by atoms with Gasteiger partial charge in [0.15, 0.2) is 5.82 Å². The molecule has 0 aromatic heterocycles. The highest BCUT2D eigenvalue weighted by molar-refractivity contribution is 8.00. The van der Waals surface area contributed by atoms with Crippen molar-refractivity contribution in [3.8, 4) is 22.3 Å². The Hall–Kier alpha value is -6.23. The SMILES string of the molecule is [2H]c1c([2H])c([2H])c(-c2c([2H])c([2H])c([2H])c(-c3c([2H])c([2H])c([2H])c([2H])c3[2H])c2N2c3c([2H])c([2H])c([2H])c([2H])c3B3c4c([2H])c([2H])c([2H])c([2H])c4N4c5c([2H])c([2H])c([2H])c([2H])c5B5c6ccccc6Sc6c(F)c2c3c4c65)c([2H])c1[2H]. The molecule has 12 rings (SSSR count). The van der Waals surface area contributed by atoms with Crippen LogP contribution in [0.2, 0.25) is 0 Å². The predicted molar refractivity (Wildman–Crippen MR) is 227 cm³/mol. The van der Waals surface area contributed by atoms with Gasteiger partial charge in [-0.1, -0.05) is 168 Å². The van der Waals surface area contributed by atoms with Crippen LogP contribution in [-0.2, 0) is 0 Å². The van der Waals surface area contributed by atoms with Crippen molar-refractivity contribution in [2.45, 2.75) is 9.79 Å². The summed E-state index contributed by atoms with van der Waals surface area (Å²) in [5.74, 6) is -1.32. The van der Waals surface area contributed by atoms with E-state index in [9.17, 15) is 20.6 Å². The van der Waals surface area contributed by atoms with E-state index < -0.39 is 232 Å². The molecule has 0 spiro atoms. The van der Waals surface area contributed by atoms with Crippen LogP contribution in [0.3, 0.4) is 0 Å². The molecule has 0 unspecified atom stereocenters. The van der Waals surface area contributed by atoms with E-state index in [1.54, 1.807) is 24.3 Å². The first-order valence-corrected chi connectivity index (χ1v) is 17.3. The van der Waals surface area contributed by atoms with E-state index in [2.05, 4.69) is 0 Å². The number of para-hydroxylation sites is 4. The first kappa shape index (κ1) is 14.9. The number of fused-ring (bicyclic) bond motifs is 10. The van der Waals surface area contributed by atoms with Gasteiger partial charge in [-0.05, 0) is 62.6 Å². The lowest BCUT2D eigenvalue weighted by atomic mass is 9.29. The molecule has 0 bridgehead atoms. The van der Waals surface area contributed by atoms with E-state index in [0.717, 1.165) is 21.6 Å². The Bertz CT molecular complexity index is 4160. The molecule has 0 fully saturated rings. The minimum atomic E-state index is -1.92. The summed E-state index contributed by atoms with van der Waals surface area (Å²) >= 11 is 0.798. The monoisotopic (exact) mass is 731 g/mol. The number of benzene rings is 8. The zero-order valence-electron chi connectivity index (χ0n) is 52.1. The molecule has 0 saturated heterocycles. The van der Waals surface area contributed by atoms with Crippen LogP contribution in [0, 0.1) is 5.82 Å². The highest BCUT2D eigenvalue weighted by Gasteiger charge is 2.52. The molecule has 6 heteroatoms. The van der Waals surface area contributed by atoms with Crippen molar-refractivity contribution in [1.29, 1.82) is 0 Å². The van der Waals surface area contributed by atoms with Gasteiger partial charge in [-0.25, -0.2) is 4.39 Å². The van der Waals surface area contributed by atoms with E-state index in [0.29, 0.717) is 10.4 Å². The van der Waals surface area contributed by atoms with E-state index in [1.165, 1.54) is 0 Å². The third kappa shape index (κ3) is 3.98. The lowest BCUT2D eigenvalue weighted by molar-refractivity contribution is 0.606. The molecule has 54 heavy (non-hydrogen) atoms. The highest BCUT2D eigenvalue weighted by Crippen LogP contribution is 2.52. The maximum atomic E-state index is 19.8. The average Bonchev–Trinajstić information content (AvgIpc) is 2.60. The van der Waals surface area contributed by atoms with Crippen molar-refractivity contribution < 1.29 is 38.7 Å². The first-order chi connectivity index (χ1) is 37.1. The van der Waals surface area contributed by atoms with Gasteiger partial charge in [-0.15, -0.1) is 0 Å². The number of anilines is 6. The molecular formula is C48H29B2FN2S. The minimum absolute atomic E-state index is 0.0367. The van der Waals surface area contributed by atoms with Crippen LogP contribution in [-0.4, -0.2) is 13.4 Å². The van der Waals surface area contributed by atoms with Gasteiger partial charge >= 0.3 is 0 Å². The maximum Gasteiger partial charge on any atom is 0.252 e. The maximum absolute atomic E-state index is 19.8. The minimum Gasteiger partial charge on any atom is -0.312 e. The number of nitrogens with zero attached hydrogens (tertiary/aromatic N) is 2. The van der Waals surface area contributed by atoms with Gasteiger partial charge < -0.3 is 9.80 Å². The van der Waals surface area contributed by atoms with Crippen molar-refractivity contribution in [2.75, 3.05) is 9.80 Å². The zero-order chi connectivity index (χ0) is 57.2. The summed E-state index contributed by atoms with van der Waals surface area (Å²) in [5, 5.41) is 0. The molecule has 4 heterocycles. The van der Waals surface area contributed by atoms with Gasteiger partial charge in [0, 0.05) is 43.7 Å². The Labute approximate surface area is 353 Å².